The normalized spacial score (nSPS) is 17.9. The van der Waals surface area contributed by atoms with Crippen molar-refractivity contribution in [2.24, 2.45) is 0 Å². The van der Waals surface area contributed by atoms with E-state index in [1.54, 1.807) is 18.2 Å². The molecular formula is C24H29ClFN5O4S. The first-order valence-electron chi connectivity index (χ1n) is 12.0. The predicted octanol–water partition coefficient (Wildman–Crippen LogP) is 2.04. The number of alkyl halides is 1. The quantitative estimate of drug-likeness (QED) is 0.464. The summed E-state index contributed by atoms with van der Waals surface area (Å²) in [5, 5.41) is 10.4. The Morgan fingerprint density at radius 2 is 1.92 bits per heavy atom. The monoisotopic (exact) mass is 537 g/mol. The fraction of sp³-hybridized carbons (Fsp3) is 0.500. The topological polar surface area (TPSA) is 113 Å². The van der Waals surface area contributed by atoms with E-state index < -0.39 is 27.9 Å². The molecule has 194 valence electrons. The molecule has 36 heavy (non-hydrogen) atoms. The second-order valence-electron chi connectivity index (χ2n) is 9.11. The largest absolute Gasteiger partial charge is 0.351 e. The van der Waals surface area contributed by atoms with Gasteiger partial charge in [-0.25, -0.2) is 17.1 Å². The van der Waals surface area contributed by atoms with Gasteiger partial charge in [0, 0.05) is 37.4 Å². The van der Waals surface area contributed by atoms with Gasteiger partial charge in [0.1, 0.15) is 17.7 Å². The van der Waals surface area contributed by atoms with Gasteiger partial charge >= 0.3 is 0 Å². The molecule has 1 atom stereocenters. The molecule has 1 aromatic carbocycles. The van der Waals surface area contributed by atoms with Crippen molar-refractivity contribution in [1.82, 2.24) is 24.7 Å². The number of halogens is 2. The van der Waals surface area contributed by atoms with Crippen LogP contribution < -0.4 is 5.32 Å². The highest BCUT2D eigenvalue weighted by molar-refractivity contribution is 7.90. The standard InChI is InChI=1S/C24H29ClFN5O4S/c25-15-22(32)31(13-7-17-2-1-3-19(26)14-17)23(18-6-10-27-28-16-18)24(33)29-20-8-11-30(12-9-20)36(34,35)21-4-5-21/h1-3,6,10,14,16,20-21,23H,4-5,7-9,11-13,15H2,(H,29,33). The third-order valence-electron chi connectivity index (χ3n) is 6.55. The van der Waals surface area contributed by atoms with Gasteiger partial charge in [0.15, 0.2) is 0 Å². The van der Waals surface area contributed by atoms with Crippen molar-refractivity contribution >= 4 is 33.4 Å². The fourth-order valence-corrected chi connectivity index (χ4v) is 6.49. The fourth-order valence-electron chi connectivity index (χ4n) is 4.46. The number of hydrogen-bond acceptors (Lipinski definition) is 6. The average molecular weight is 538 g/mol. The van der Waals surface area contributed by atoms with Crippen molar-refractivity contribution < 1.29 is 22.4 Å². The summed E-state index contributed by atoms with van der Waals surface area (Å²) < 4.78 is 40.2. The van der Waals surface area contributed by atoms with E-state index in [1.165, 1.54) is 33.7 Å². The highest BCUT2D eigenvalue weighted by Crippen LogP contribution is 2.32. The summed E-state index contributed by atoms with van der Waals surface area (Å²) in [6, 6.07) is 6.41. The van der Waals surface area contributed by atoms with E-state index in [1.807, 2.05) is 0 Å². The van der Waals surface area contributed by atoms with Crippen LogP contribution in [0.1, 0.15) is 42.9 Å². The van der Waals surface area contributed by atoms with Crippen LogP contribution in [0.4, 0.5) is 4.39 Å². The number of hydrogen-bond donors (Lipinski definition) is 1. The minimum atomic E-state index is -3.25. The molecule has 2 fully saturated rings. The van der Waals surface area contributed by atoms with Gasteiger partial charge in [0.25, 0.3) is 0 Å². The highest BCUT2D eigenvalue weighted by atomic mass is 35.5. The molecule has 1 saturated carbocycles. The van der Waals surface area contributed by atoms with Crippen LogP contribution in [0.15, 0.2) is 42.7 Å². The molecule has 4 rings (SSSR count). The van der Waals surface area contributed by atoms with E-state index in [-0.39, 0.29) is 29.5 Å². The lowest BCUT2D eigenvalue weighted by Crippen LogP contribution is -2.51. The minimum Gasteiger partial charge on any atom is -0.351 e. The van der Waals surface area contributed by atoms with Crippen LogP contribution in [0.3, 0.4) is 0 Å². The van der Waals surface area contributed by atoms with Crippen molar-refractivity contribution in [2.75, 3.05) is 25.5 Å². The van der Waals surface area contributed by atoms with E-state index in [4.69, 9.17) is 11.6 Å². The number of benzene rings is 1. The maximum Gasteiger partial charge on any atom is 0.247 e. The summed E-state index contributed by atoms with van der Waals surface area (Å²) in [5.74, 6) is -1.58. The first-order valence-corrected chi connectivity index (χ1v) is 14.0. The van der Waals surface area contributed by atoms with Crippen LogP contribution in [0, 0.1) is 5.82 Å². The number of piperidine rings is 1. The number of carbonyl (C=O) groups is 2. The summed E-state index contributed by atoms with van der Waals surface area (Å²) in [5.41, 5.74) is 1.15. The van der Waals surface area contributed by atoms with Gasteiger partial charge in [0.2, 0.25) is 21.8 Å². The Bertz CT molecular complexity index is 1170. The Morgan fingerprint density at radius 1 is 1.17 bits per heavy atom. The molecule has 2 amide bonds. The summed E-state index contributed by atoms with van der Waals surface area (Å²) in [6.07, 6.45) is 5.55. The zero-order valence-corrected chi connectivity index (χ0v) is 21.3. The van der Waals surface area contributed by atoms with Gasteiger partial charge in [-0.1, -0.05) is 12.1 Å². The van der Waals surface area contributed by atoms with Crippen molar-refractivity contribution in [3.63, 3.8) is 0 Å². The molecule has 2 aliphatic rings. The maximum atomic E-state index is 13.7. The summed E-state index contributed by atoms with van der Waals surface area (Å²) >= 11 is 5.90. The number of rotatable bonds is 10. The van der Waals surface area contributed by atoms with E-state index in [2.05, 4.69) is 15.5 Å². The molecule has 1 N–H and O–H groups in total. The Labute approximate surface area is 215 Å². The van der Waals surface area contributed by atoms with Crippen molar-refractivity contribution in [2.45, 2.75) is 49.4 Å². The Kier molecular flexibility index (Phi) is 8.53. The van der Waals surface area contributed by atoms with Gasteiger partial charge in [-0.2, -0.15) is 10.2 Å². The smallest absolute Gasteiger partial charge is 0.247 e. The molecule has 0 spiro atoms. The lowest BCUT2D eigenvalue weighted by Gasteiger charge is -2.35. The van der Waals surface area contributed by atoms with Crippen LogP contribution in [0.2, 0.25) is 0 Å². The molecule has 1 aliphatic carbocycles. The predicted molar refractivity (Wildman–Crippen MR) is 132 cm³/mol. The summed E-state index contributed by atoms with van der Waals surface area (Å²) in [4.78, 5) is 27.8. The van der Waals surface area contributed by atoms with Gasteiger partial charge in [0.05, 0.1) is 11.4 Å². The van der Waals surface area contributed by atoms with E-state index in [0.717, 1.165) is 0 Å². The molecule has 1 saturated heterocycles. The van der Waals surface area contributed by atoms with Gasteiger partial charge in [-0.3, -0.25) is 9.59 Å². The van der Waals surface area contributed by atoms with Gasteiger partial charge in [-0.05, 0) is 55.9 Å². The zero-order chi connectivity index (χ0) is 25.7. The van der Waals surface area contributed by atoms with Crippen LogP contribution in [-0.2, 0) is 26.0 Å². The molecule has 2 aromatic rings. The molecule has 1 unspecified atom stereocenters. The third-order valence-corrected chi connectivity index (χ3v) is 9.18. The van der Waals surface area contributed by atoms with Crippen LogP contribution in [-0.4, -0.2) is 76.4 Å². The van der Waals surface area contributed by atoms with E-state index >= 15 is 0 Å². The molecule has 1 aliphatic heterocycles. The van der Waals surface area contributed by atoms with Crippen LogP contribution in [0.25, 0.3) is 0 Å². The molecular weight excluding hydrogens is 509 g/mol. The number of aromatic nitrogens is 2. The first kappa shape index (κ1) is 26.4. The highest BCUT2D eigenvalue weighted by Gasteiger charge is 2.41. The lowest BCUT2D eigenvalue weighted by molar-refractivity contribution is -0.139. The average Bonchev–Trinajstić information content (AvgIpc) is 3.73. The number of nitrogens with zero attached hydrogens (tertiary/aromatic N) is 4. The molecule has 2 heterocycles. The minimum absolute atomic E-state index is 0.132. The number of sulfonamides is 1. The Morgan fingerprint density at radius 3 is 2.53 bits per heavy atom. The second-order valence-corrected chi connectivity index (χ2v) is 11.6. The van der Waals surface area contributed by atoms with Gasteiger partial charge in [-0.15, -0.1) is 11.6 Å². The summed E-state index contributed by atoms with van der Waals surface area (Å²) in [6.45, 7) is 0.817. The number of nitrogens with one attached hydrogen (secondary N) is 1. The second kappa shape index (κ2) is 11.6. The molecule has 9 nitrogen and oxygen atoms in total. The van der Waals surface area contributed by atoms with Gasteiger partial charge < -0.3 is 10.2 Å². The molecule has 12 heteroatoms. The molecule has 0 bridgehead atoms. The van der Waals surface area contributed by atoms with Crippen molar-refractivity contribution in [1.29, 1.82) is 0 Å². The maximum absolute atomic E-state index is 13.7. The van der Waals surface area contributed by atoms with Crippen LogP contribution >= 0.6 is 11.6 Å². The summed E-state index contributed by atoms with van der Waals surface area (Å²) in [7, 11) is -3.25. The Balaban J connectivity index is 1.49. The van der Waals surface area contributed by atoms with Crippen molar-refractivity contribution in [3.05, 3.63) is 59.7 Å². The zero-order valence-electron chi connectivity index (χ0n) is 19.7. The SMILES string of the molecule is O=C(NC1CCN(S(=O)(=O)C2CC2)CC1)C(c1ccnnc1)N(CCc1cccc(F)c1)C(=O)CCl. The Hall–Kier alpha value is -2.63. The van der Waals surface area contributed by atoms with E-state index in [9.17, 15) is 22.4 Å². The van der Waals surface area contributed by atoms with Crippen LogP contribution in [0.5, 0.6) is 0 Å². The number of amides is 2. The molecule has 1 aromatic heterocycles. The lowest BCUT2D eigenvalue weighted by atomic mass is 10.0. The van der Waals surface area contributed by atoms with Crippen molar-refractivity contribution in [3.8, 4) is 0 Å². The van der Waals surface area contributed by atoms with E-state index in [0.29, 0.717) is 56.3 Å². The molecule has 0 radical (unpaired) electrons. The number of carbonyl (C=O) groups excluding carboxylic acids is 2. The third kappa shape index (κ3) is 6.37. The first-order chi connectivity index (χ1) is 17.3.